The summed E-state index contributed by atoms with van der Waals surface area (Å²) in [4.78, 5) is 17.2. The van der Waals surface area contributed by atoms with Crippen molar-refractivity contribution in [3.63, 3.8) is 0 Å². The molecular formula is C25H21N9O. The van der Waals surface area contributed by atoms with Crippen LogP contribution >= 0.6 is 0 Å². The second-order valence-electron chi connectivity index (χ2n) is 8.21. The summed E-state index contributed by atoms with van der Waals surface area (Å²) < 4.78 is 3.34. The Morgan fingerprint density at radius 1 is 1.03 bits per heavy atom. The highest BCUT2D eigenvalue weighted by Crippen LogP contribution is 2.29. The number of nitrogens with zero attached hydrogens (tertiary/aromatic N) is 6. The molecule has 0 radical (unpaired) electrons. The molecule has 0 saturated carbocycles. The minimum atomic E-state index is -0.277. The Morgan fingerprint density at radius 2 is 1.91 bits per heavy atom. The highest BCUT2D eigenvalue weighted by molar-refractivity contribution is 6.03. The predicted octanol–water partition coefficient (Wildman–Crippen LogP) is 4.33. The van der Waals surface area contributed by atoms with Crippen molar-refractivity contribution in [3.05, 3.63) is 84.3 Å². The first-order valence-electron chi connectivity index (χ1n) is 11.0. The van der Waals surface area contributed by atoms with Crippen LogP contribution in [0, 0.1) is 6.92 Å². The third-order valence-corrected chi connectivity index (χ3v) is 5.76. The standard InChI is InChI=1S/C25H21N9O/c1-15-19-12-17(10-11-20(19)31-30-15)27-24-18-6-3-4-7-21(18)34(32-24)23-9-5-8-22(28-23)29-25(35)16-13-26-33(2)14-16/h3-14H,1-2H3,(H,27,32)(H,30,31)(H,28,29,35). The maximum Gasteiger partial charge on any atom is 0.260 e. The van der Waals surface area contributed by atoms with Gasteiger partial charge in [0.05, 0.1) is 28.5 Å². The normalized spacial score (nSPS) is 11.3. The van der Waals surface area contributed by atoms with Gasteiger partial charge in [0, 0.05) is 29.7 Å². The smallest absolute Gasteiger partial charge is 0.260 e. The highest BCUT2D eigenvalue weighted by Gasteiger charge is 2.15. The maximum absolute atomic E-state index is 12.5. The summed E-state index contributed by atoms with van der Waals surface area (Å²) in [5.74, 6) is 1.43. The fraction of sp³-hybridized carbons (Fsp3) is 0.0800. The number of carbonyl (C=O) groups excluding carboxylic acids is 1. The lowest BCUT2D eigenvalue weighted by atomic mass is 10.2. The summed E-state index contributed by atoms with van der Waals surface area (Å²) in [6.07, 6.45) is 3.17. The first-order valence-corrected chi connectivity index (χ1v) is 11.0. The number of rotatable bonds is 5. The van der Waals surface area contributed by atoms with Crippen LogP contribution in [-0.2, 0) is 7.05 Å². The Kier molecular flexibility index (Phi) is 4.77. The van der Waals surface area contributed by atoms with Gasteiger partial charge in [0.25, 0.3) is 5.91 Å². The van der Waals surface area contributed by atoms with E-state index in [1.54, 1.807) is 28.7 Å². The van der Waals surface area contributed by atoms with Gasteiger partial charge in [0.2, 0.25) is 0 Å². The third kappa shape index (κ3) is 3.76. The average molecular weight is 464 g/mol. The van der Waals surface area contributed by atoms with Crippen molar-refractivity contribution >= 4 is 45.0 Å². The molecule has 0 fully saturated rings. The minimum absolute atomic E-state index is 0.277. The Hall–Kier alpha value is -4.99. The van der Waals surface area contributed by atoms with Crippen molar-refractivity contribution in [3.8, 4) is 5.82 Å². The number of hydrogen-bond acceptors (Lipinski definition) is 6. The zero-order valence-electron chi connectivity index (χ0n) is 19.0. The van der Waals surface area contributed by atoms with Crippen LogP contribution in [0.2, 0.25) is 0 Å². The summed E-state index contributed by atoms with van der Waals surface area (Å²) in [6, 6.07) is 19.4. The number of aryl methyl sites for hydroxylation is 2. The molecule has 0 aliphatic rings. The summed E-state index contributed by atoms with van der Waals surface area (Å²) in [5.41, 5.74) is 4.17. The van der Waals surface area contributed by atoms with Crippen molar-refractivity contribution in [2.45, 2.75) is 6.92 Å². The van der Waals surface area contributed by atoms with Gasteiger partial charge in [0.1, 0.15) is 5.82 Å². The topological polar surface area (TPSA) is 118 Å². The number of para-hydroxylation sites is 1. The molecule has 0 aliphatic carbocycles. The molecule has 0 unspecified atom stereocenters. The largest absolute Gasteiger partial charge is 0.338 e. The maximum atomic E-state index is 12.5. The van der Waals surface area contributed by atoms with E-state index in [2.05, 4.69) is 37.0 Å². The zero-order chi connectivity index (χ0) is 23.9. The number of hydrogen-bond donors (Lipinski definition) is 3. The molecule has 3 N–H and O–H groups in total. The van der Waals surface area contributed by atoms with Gasteiger partial charge in [-0.1, -0.05) is 18.2 Å². The number of aromatic amines is 1. The molecule has 0 atom stereocenters. The van der Waals surface area contributed by atoms with Crippen LogP contribution in [0.15, 0.2) is 73.1 Å². The van der Waals surface area contributed by atoms with Crippen molar-refractivity contribution in [1.29, 1.82) is 0 Å². The van der Waals surface area contributed by atoms with E-state index in [1.807, 2.05) is 55.5 Å². The molecule has 2 aromatic carbocycles. The molecule has 0 aliphatic heterocycles. The summed E-state index contributed by atoms with van der Waals surface area (Å²) in [5, 5.41) is 24.4. The second-order valence-corrected chi connectivity index (χ2v) is 8.21. The number of carbonyl (C=O) groups is 1. The van der Waals surface area contributed by atoms with Crippen molar-refractivity contribution in [2.24, 2.45) is 7.05 Å². The van der Waals surface area contributed by atoms with E-state index in [1.165, 1.54) is 6.20 Å². The second kappa shape index (κ2) is 8.10. The van der Waals surface area contributed by atoms with Crippen LogP contribution in [0.5, 0.6) is 0 Å². The SMILES string of the molecule is Cc1n[nH]c2ccc(Nc3nn(-c4cccc(NC(=O)c5cnn(C)c5)n4)c4ccccc34)cc12. The van der Waals surface area contributed by atoms with E-state index in [-0.39, 0.29) is 5.91 Å². The number of fused-ring (bicyclic) bond motifs is 2. The molecule has 4 aromatic heterocycles. The van der Waals surface area contributed by atoms with Gasteiger partial charge in [0.15, 0.2) is 11.6 Å². The number of anilines is 3. The van der Waals surface area contributed by atoms with Gasteiger partial charge in [-0.05, 0) is 49.4 Å². The predicted molar refractivity (Wildman–Crippen MR) is 134 cm³/mol. The van der Waals surface area contributed by atoms with Gasteiger partial charge in [-0.25, -0.2) is 9.67 Å². The number of nitrogens with one attached hydrogen (secondary N) is 3. The van der Waals surface area contributed by atoms with Crippen LogP contribution in [0.25, 0.3) is 27.6 Å². The number of amides is 1. The van der Waals surface area contributed by atoms with Crippen molar-refractivity contribution in [1.82, 2.24) is 34.7 Å². The Morgan fingerprint density at radius 3 is 2.77 bits per heavy atom. The van der Waals surface area contributed by atoms with E-state index in [0.29, 0.717) is 23.0 Å². The summed E-state index contributed by atoms with van der Waals surface area (Å²) >= 11 is 0. The fourth-order valence-electron chi connectivity index (χ4n) is 4.03. The molecule has 6 rings (SSSR count). The molecule has 4 heterocycles. The number of aromatic nitrogens is 7. The monoisotopic (exact) mass is 463 g/mol. The first kappa shape index (κ1) is 20.6. The Labute approximate surface area is 199 Å². The lowest BCUT2D eigenvalue weighted by Crippen LogP contribution is -2.13. The van der Waals surface area contributed by atoms with Crippen LogP contribution in [0.3, 0.4) is 0 Å². The van der Waals surface area contributed by atoms with Gasteiger partial charge in [-0.2, -0.15) is 10.2 Å². The highest BCUT2D eigenvalue weighted by atomic mass is 16.1. The molecule has 0 saturated heterocycles. The average Bonchev–Trinajstić information content (AvgIpc) is 3.57. The summed E-state index contributed by atoms with van der Waals surface area (Å²) in [7, 11) is 1.76. The minimum Gasteiger partial charge on any atom is -0.338 e. The lowest BCUT2D eigenvalue weighted by Gasteiger charge is -2.07. The molecule has 0 bridgehead atoms. The van der Waals surface area contributed by atoms with Gasteiger partial charge < -0.3 is 10.6 Å². The number of H-pyrrole nitrogens is 1. The molecule has 1 amide bonds. The zero-order valence-corrected chi connectivity index (χ0v) is 19.0. The van der Waals surface area contributed by atoms with Gasteiger partial charge in [-0.3, -0.25) is 14.6 Å². The number of benzene rings is 2. The van der Waals surface area contributed by atoms with Crippen LogP contribution in [-0.4, -0.2) is 40.6 Å². The van der Waals surface area contributed by atoms with E-state index < -0.39 is 0 Å². The Bertz CT molecular complexity index is 1710. The van der Waals surface area contributed by atoms with E-state index in [9.17, 15) is 4.79 Å². The van der Waals surface area contributed by atoms with Crippen LogP contribution in [0.4, 0.5) is 17.3 Å². The van der Waals surface area contributed by atoms with Crippen LogP contribution < -0.4 is 10.6 Å². The van der Waals surface area contributed by atoms with Gasteiger partial charge in [-0.15, -0.1) is 5.10 Å². The number of pyridine rings is 1. The van der Waals surface area contributed by atoms with Crippen LogP contribution in [0.1, 0.15) is 16.1 Å². The fourth-order valence-corrected chi connectivity index (χ4v) is 4.03. The molecule has 0 spiro atoms. The molecule has 10 nitrogen and oxygen atoms in total. The molecular weight excluding hydrogens is 442 g/mol. The van der Waals surface area contributed by atoms with E-state index >= 15 is 0 Å². The first-order chi connectivity index (χ1) is 17.0. The third-order valence-electron chi connectivity index (χ3n) is 5.76. The summed E-state index contributed by atoms with van der Waals surface area (Å²) in [6.45, 7) is 1.97. The Balaban J connectivity index is 1.35. The molecule has 6 aromatic rings. The van der Waals surface area contributed by atoms with E-state index in [4.69, 9.17) is 5.10 Å². The lowest BCUT2D eigenvalue weighted by molar-refractivity contribution is 0.102. The van der Waals surface area contributed by atoms with E-state index in [0.717, 1.165) is 33.2 Å². The molecule has 35 heavy (non-hydrogen) atoms. The van der Waals surface area contributed by atoms with Crippen molar-refractivity contribution in [2.75, 3.05) is 10.6 Å². The quantitative estimate of drug-likeness (QED) is 0.350. The van der Waals surface area contributed by atoms with Gasteiger partial charge >= 0.3 is 0 Å². The molecule has 10 heteroatoms. The van der Waals surface area contributed by atoms with Crippen molar-refractivity contribution < 1.29 is 4.79 Å². The molecule has 172 valence electrons.